The number of nitrogens with one attached hydrogen (secondary N) is 9. The Morgan fingerprint density at radius 2 is 0.676 bits per heavy atom. The first kappa shape index (κ1) is 68.7. The van der Waals surface area contributed by atoms with Gasteiger partial charge in [-0.3, -0.25) is 9.59 Å². The number of carbonyl (C=O) groups is 3. The quantitative estimate of drug-likeness (QED) is 0.0385. The number of para-hydroxylation sites is 1. The van der Waals surface area contributed by atoms with E-state index >= 15 is 0 Å². The van der Waals surface area contributed by atoms with Crippen molar-refractivity contribution in [2.45, 2.75) is 33.0 Å². The van der Waals surface area contributed by atoms with Gasteiger partial charge < -0.3 is 30.7 Å². The van der Waals surface area contributed by atoms with E-state index < -0.39 is 0 Å². The number of carbonyl (C=O) groups excluding carboxylic acids is 3. The van der Waals surface area contributed by atoms with E-state index in [1.54, 1.807) is 60.7 Å². The summed E-state index contributed by atoms with van der Waals surface area (Å²) in [4.78, 5) is 35.9. The molecule has 0 aliphatic rings. The van der Waals surface area contributed by atoms with Gasteiger partial charge in [-0.05, 0) is 196 Å². The van der Waals surface area contributed by atoms with Gasteiger partial charge in [-0.15, -0.1) is 51.0 Å². The van der Waals surface area contributed by atoms with Crippen molar-refractivity contribution in [3.8, 4) is 68.4 Å². The first-order valence-corrected chi connectivity index (χ1v) is 31.6. The Labute approximate surface area is 582 Å². The largest absolute Gasteiger partial charge is 0.489 e. The van der Waals surface area contributed by atoms with E-state index in [9.17, 15) is 14.4 Å². The number of benzene rings is 10. The maximum absolute atomic E-state index is 12.1. The number of urea groups is 1. The Balaban J connectivity index is 0.000000128. The molecule has 5 aromatic heterocycles. The molecule has 4 amide bonds. The van der Waals surface area contributed by atoms with Crippen molar-refractivity contribution in [1.29, 1.82) is 0 Å². The molecule has 1 unspecified atom stereocenters. The van der Waals surface area contributed by atoms with Gasteiger partial charge in [-0.1, -0.05) is 134 Å². The summed E-state index contributed by atoms with van der Waals surface area (Å²) in [6, 6.07) is 82.7. The molecule has 0 saturated heterocycles. The molecule has 0 saturated carbocycles. The van der Waals surface area contributed by atoms with Crippen molar-refractivity contribution in [1.82, 2.24) is 103 Å². The first-order chi connectivity index (χ1) is 50.1. The number of nitrogens with zero attached hydrogens (tertiary/aromatic N) is 15. The van der Waals surface area contributed by atoms with Crippen molar-refractivity contribution >= 4 is 40.6 Å². The molecule has 0 radical (unpaired) electrons. The summed E-state index contributed by atoms with van der Waals surface area (Å²) in [7, 11) is 0. The highest BCUT2D eigenvalue weighted by atomic mass is 16.5. The summed E-state index contributed by atoms with van der Waals surface area (Å²) in [5, 5.41) is 79.9. The Morgan fingerprint density at radius 3 is 1.07 bits per heavy atom. The molecule has 0 spiro atoms. The van der Waals surface area contributed by atoms with Gasteiger partial charge in [0.15, 0.2) is 0 Å². The molecule has 0 fully saturated rings. The molecule has 29 heteroatoms. The molecule has 9 N–H and O–H groups in total. The monoisotopic (exact) mass is 1360 g/mol. The molecular formula is C73H64N24O5. The third kappa shape index (κ3) is 20.7. The summed E-state index contributed by atoms with van der Waals surface area (Å²) >= 11 is 0. The van der Waals surface area contributed by atoms with Gasteiger partial charge in [-0.25, -0.2) is 4.79 Å². The lowest BCUT2D eigenvalue weighted by atomic mass is 10.1. The van der Waals surface area contributed by atoms with E-state index in [1.165, 1.54) is 5.56 Å². The standard InChI is InChI=1S/C16H16N4O.C15H13N5O.C14H12N6O.C14H11N5O.C14H12N4O/c1-2-15(12-6-4-3-5-7-12)21-14-10-8-13(9-11-14)16-17-19-20-18-16;1-10-2-8-13(9-3-10)16-15(21)12-6-4-11(5-7-12)14-17-19-20-18-14;21-14(15-11-4-2-1-3-5-11)16-12-8-6-10(7-9-12)13-17-19-20-18-13;20-14(11-4-2-1-3-5-11)15-12-8-6-10(7-9-12)13-16-18-19-17-13;1-2-4-11(5-3-1)10-19-13-8-6-12(7-9-13)14-15-17-18-16-14/h3-11,15H,2H2,1H3,(H,17,18,19,20);2-9H,1H3,(H,16,21)(H,17,18,19,20);1-9H,(H2,15,16,21)(H,17,18,19,20);1-9H,(H,15,20)(H,16,17,18,19);1-9H,10H2,(H,15,16,17,18). The van der Waals surface area contributed by atoms with Crippen molar-refractivity contribution in [3.63, 3.8) is 0 Å². The summed E-state index contributed by atoms with van der Waals surface area (Å²) in [6.07, 6.45) is 0.971. The molecule has 15 rings (SSSR count). The molecule has 0 aliphatic heterocycles. The minimum Gasteiger partial charge on any atom is -0.489 e. The van der Waals surface area contributed by atoms with Crippen LogP contribution in [0.25, 0.3) is 56.9 Å². The molecule has 506 valence electrons. The normalized spacial score (nSPS) is 10.6. The van der Waals surface area contributed by atoms with Crippen LogP contribution < -0.4 is 30.7 Å². The highest BCUT2D eigenvalue weighted by molar-refractivity contribution is 6.05. The van der Waals surface area contributed by atoms with Gasteiger partial charge in [0.25, 0.3) is 11.8 Å². The highest BCUT2D eigenvalue weighted by Gasteiger charge is 2.14. The zero-order valence-corrected chi connectivity index (χ0v) is 54.6. The fraction of sp³-hybridized carbons (Fsp3) is 0.0685. The topological polar surface area (TPSA) is 390 Å². The summed E-state index contributed by atoms with van der Waals surface area (Å²) in [6.45, 7) is 4.68. The molecule has 10 aromatic carbocycles. The maximum Gasteiger partial charge on any atom is 0.323 e. The van der Waals surface area contributed by atoms with Crippen LogP contribution in [0.5, 0.6) is 11.5 Å². The molecule has 15 aromatic rings. The van der Waals surface area contributed by atoms with E-state index in [0.29, 0.717) is 58.2 Å². The highest BCUT2D eigenvalue weighted by Crippen LogP contribution is 2.27. The van der Waals surface area contributed by atoms with E-state index in [2.05, 4.69) is 143 Å². The number of aromatic amines is 5. The van der Waals surface area contributed by atoms with Crippen molar-refractivity contribution in [3.05, 3.63) is 295 Å². The average molecular weight is 1360 g/mol. The maximum atomic E-state index is 12.1. The van der Waals surface area contributed by atoms with Crippen LogP contribution in [0.3, 0.4) is 0 Å². The van der Waals surface area contributed by atoms with Gasteiger partial charge in [0.05, 0.1) is 0 Å². The zero-order valence-electron chi connectivity index (χ0n) is 54.6. The fourth-order valence-electron chi connectivity index (χ4n) is 9.39. The molecule has 0 aliphatic carbocycles. The number of anilines is 4. The Morgan fingerprint density at radius 1 is 0.353 bits per heavy atom. The van der Waals surface area contributed by atoms with Gasteiger partial charge in [0, 0.05) is 61.7 Å². The summed E-state index contributed by atoms with van der Waals surface area (Å²) in [5.74, 6) is 4.04. The van der Waals surface area contributed by atoms with Crippen LogP contribution in [0.2, 0.25) is 0 Å². The van der Waals surface area contributed by atoms with Gasteiger partial charge in [0.2, 0.25) is 29.1 Å². The second kappa shape index (κ2) is 35.9. The number of ether oxygens (including phenoxy) is 2. The second-order valence-electron chi connectivity index (χ2n) is 21.7. The predicted octanol–water partition coefficient (Wildman–Crippen LogP) is 12.9. The summed E-state index contributed by atoms with van der Waals surface area (Å²) < 4.78 is 11.8. The minimum atomic E-state index is -0.298. The van der Waals surface area contributed by atoms with Crippen molar-refractivity contribution in [2.24, 2.45) is 0 Å². The molecule has 29 nitrogen and oxygen atoms in total. The van der Waals surface area contributed by atoms with Crippen LogP contribution in [-0.4, -0.2) is 121 Å². The van der Waals surface area contributed by atoms with Gasteiger partial charge >= 0.3 is 6.03 Å². The molecule has 1 atom stereocenters. The molecular weight excluding hydrogens is 1290 g/mol. The third-order valence-electron chi connectivity index (χ3n) is 14.6. The second-order valence-corrected chi connectivity index (χ2v) is 21.7. The lowest BCUT2D eigenvalue weighted by molar-refractivity contribution is 0.101. The van der Waals surface area contributed by atoms with E-state index in [-0.39, 0.29) is 23.9 Å². The zero-order chi connectivity index (χ0) is 70.3. The number of hydrogen-bond donors (Lipinski definition) is 9. The Bertz CT molecular complexity index is 4880. The van der Waals surface area contributed by atoms with Crippen LogP contribution in [0.15, 0.2) is 267 Å². The number of aryl methyl sites for hydroxylation is 1. The number of H-pyrrole nitrogens is 5. The van der Waals surface area contributed by atoms with E-state index in [1.807, 2.05) is 201 Å². The molecule has 0 bridgehead atoms. The van der Waals surface area contributed by atoms with Gasteiger partial charge in [-0.2, -0.15) is 26.1 Å². The lowest BCUT2D eigenvalue weighted by Crippen LogP contribution is -2.19. The average Bonchev–Trinajstić information content (AvgIpc) is 1.55. The van der Waals surface area contributed by atoms with Crippen molar-refractivity contribution < 1.29 is 23.9 Å². The van der Waals surface area contributed by atoms with E-state index in [0.717, 1.165) is 68.2 Å². The fourth-order valence-corrected chi connectivity index (χ4v) is 9.39. The number of aromatic nitrogens is 20. The van der Waals surface area contributed by atoms with Crippen molar-refractivity contribution in [2.75, 3.05) is 21.3 Å². The smallest absolute Gasteiger partial charge is 0.323 e. The van der Waals surface area contributed by atoms with Crippen LogP contribution in [0, 0.1) is 6.92 Å². The lowest BCUT2D eigenvalue weighted by Gasteiger charge is -2.18. The Kier molecular flexibility index (Phi) is 24.2. The third-order valence-corrected chi connectivity index (χ3v) is 14.6. The number of hydrogen-bond acceptors (Lipinski definition) is 20. The SMILES string of the molecule is CCC(Oc1ccc(-c2nn[nH]n2)cc1)c1ccccc1.Cc1ccc(NC(=O)c2ccc(-c3nn[nH]n3)cc2)cc1.O=C(Nc1ccc(-c2nn[nH]n2)cc1)c1ccccc1.O=C(Nc1ccccc1)Nc1ccc(-c2nn[nH]n2)cc1.c1ccc(COc2ccc(-c3nn[nH]n3)cc2)cc1. The first-order valence-electron chi connectivity index (χ1n) is 31.6. The number of amides is 4. The van der Waals surface area contributed by atoms with Crippen LogP contribution in [-0.2, 0) is 6.61 Å². The predicted molar refractivity (Wildman–Crippen MR) is 382 cm³/mol. The molecule has 102 heavy (non-hydrogen) atoms. The van der Waals surface area contributed by atoms with Crippen LogP contribution in [0.4, 0.5) is 27.5 Å². The summed E-state index contributed by atoms with van der Waals surface area (Å²) in [5.41, 5.74) is 11.8. The minimum absolute atomic E-state index is 0.0576. The van der Waals surface area contributed by atoms with Gasteiger partial charge in [0.1, 0.15) is 24.2 Å². The van der Waals surface area contributed by atoms with E-state index in [4.69, 9.17) is 9.47 Å². The van der Waals surface area contributed by atoms with Crippen LogP contribution in [0.1, 0.15) is 56.9 Å². The number of tetrazole rings is 5. The Hall–Kier alpha value is -14.6. The molecule has 5 heterocycles. The number of rotatable bonds is 18. The van der Waals surface area contributed by atoms with Crippen LogP contribution >= 0.6 is 0 Å².